The number of carbonyl (C=O) groups is 1. The lowest BCUT2D eigenvalue weighted by molar-refractivity contribution is 0.262. The number of nitrogens with zero attached hydrogens (tertiary/aromatic N) is 3. The van der Waals surface area contributed by atoms with Crippen molar-refractivity contribution in [3.05, 3.63) is 65.9 Å². The number of anilines is 2. The van der Waals surface area contributed by atoms with Gasteiger partial charge in [-0.3, -0.25) is 9.88 Å². The number of imidazole rings is 1. The highest BCUT2D eigenvalue weighted by Gasteiger charge is 2.07. The number of benzene rings is 2. The minimum atomic E-state index is -0.310. The van der Waals surface area contributed by atoms with Crippen LogP contribution >= 0.6 is 11.3 Å². The van der Waals surface area contributed by atoms with E-state index >= 15 is 0 Å². The maximum Gasteiger partial charge on any atom is 0.325 e. The van der Waals surface area contributed by atoms with Gasteiger partial charge in [0.1, 0.15) is 6.33 Å². The molecule has 2 aromatic carbocycles. The molecule has 0 atom stereocenters. The van der Waals surface area contributed by atoms with E-state index in [1.54, 1.807) is 6.33 Å². The summed E-state index contributed by atoms with van der Waals surface area (Å²) in [5.74, 6) is 0. The van der Waals surface area contributed by atoms with Crippen molar-refractivity contribution in [1.29, 1.82) is 0 Å². The summed E-state index contributed by atoms with van der Waals surface area (Å²) in [7, 11) is 0. The second-order valence-electron chi connectivity index (χ2n) is 5.52. The van der Waals surface area contributed by atoms with Crippen LogP contribution in [-0.4, -0.2) is 20.6 Å². The molecule has 2 heterocycles. The molecule has 4 aromatic rings. The first-order chi connectivity index (χ1) is 12.2. The largest absolute Gasteiger partial charge is 0.325 e. The van der Waals surface area contributed by atoms with Crippen LogP contribution < -0.4 is 10.6 Å². The highest BCUT2D eigenvalue weighted by molar-refractivity contribution is 7.13. The molecule has 2 aromatic heterocycles. The average molecular weight is 349 g/mol. The molecule has 0 fully saturated rings. The number of rotatable bonds is 3. The van der Waals surface area contributed by atoms with Gasteiger partial charge in [-0.25, -0.2) is 14.8 Å². The average Bonchev–Trinajstić information content (AvgIpc) is 3.22. The van der Waals surface area contributed by atoms with Crippen molar-refractivity contribution in [2.75, 3.05) is 10.6 Å². The predicted molar refractivity (Wildman–Crippen MR) is 101 cm³/mol. The second-order valence-corrected chi connectivity index (χ2v) is 6.38. The molecule has 2 amide bonds. The normalized spacial score (nSPS) is 10.8. The van der Waals surface area contributed by atoms with Crippen LogP contribution in [0.15, 0.2) is 60.2 Å². The van der Waals surface area contributed by atoms with Crippen LogP contribution in [0.1, 0.15) is 5.69 Å². The Labute approximate surface area is 148 Å². The lowest BCUT2D eigenvalue weighted by atomic mass is 10.2. The quantitative estimate of drug-likeness (QED) is 0.574. The Bertz CT molecular complexity index is 1040. The monoisotopic (exact) mass is 349 g/mol. The second kappa shape index (κ2) is 6.37. The maximum atomic E-state index is 12.0. The lowest BCUT2D eigenvalue weighted by Gasteiger charge is -2.08. The smallest absolute Gasteiger partial charge is 0.308 e. The first-order valence-corrected chi connectivity index (χ1v) is 8.60. The summed E-state index contributed by atoms with van der Waals surface area (Å²) in [6.45, 7) is 1.89. The number of carbonyl (C=O) groups excluding carboxylic acids is 1. The molecular weight excluding hydrogens is 334 g/mol. The van der Waals surface area contributed by atoms with E-state index in [0.717, 1.165) is 22.4 Å². The third-order valence-electron chi connectivity index (χ3n) is 3.70. The Morgan fingerprint density at radius 3 is 2.64 bits per heavy atom. The number of urea groups is 1. The fourth-order valence-corrected chi connectivity index (χ4v) is 3.22. The van der Waals surface area contributed by atoms with Gasteiger partial charge in [0.15, 0.2) is 5.13 Å². The molecule has 0 radical (unpaired) electrons. The Kier molecular flexibility index (Phi) is 3.91. The molecule has 25 heavy (non-hydrogen) atoms. The summed E-state index contributed by atoms with van der Waals surface area (Å²) in [6.07, 6.45) is 1.80. The number of aryl methyl sites for hydroxylation is 1. The van der Waals surface area contributed by atoms with Crippen molar-refractivity contribution in [3.8, 4) is 5.69 Å². The number of hydrogen-bond donors (Lipinski definition) is 2. The van der Waals surface area contributed by atoms with Gasteiger partial charge < -0.3 is 5.32 Å². The molecule has 0 saturated heterocycles. The van der Waals surface area contributed by atoms with Gasteiger partial charge in [-0.15, -0.1) is 11.3 Å². The zero-order valence-electron chi connectivity index (χ0n) is 13.4. The van der Waals surface area contributed by atoms with Crippen LogP contribution in [0.4, 0.5) is 15.6 Å². The topological polar surface area (TPSA) is 71.8 Å². The highest BCUT2D eigenvalue weighted by Crippen LogP contribution is 2.20. The maximum absolute atomic E-state index is 12.0. The first kappa shape index (κ1) is 15.3. The van der Waals surface area contributed by atoms with Crippen molar-refractivity contribution in [2.24, 2.45) is 0 Å². The van der Waals surface area contributed by atoms with Gasteiger partial charge in [-0.2, -0.15) is 0 Å². The van der Waals surface area contributed by atoms with Crippen molar-refractivity contribution in [3.63, 3.8) is 0 Å². The van der Waals surface area contributed by atoms with Crippen molar-refractivity contribution in [2.45, 2.75) is 6.92 Å². The molecule has 0 bridgehead atoms. The fourth-order valence-electron chi connectivity index (χ4n) is 2.54. The molecule has 6 nitrogen and oxygen atoms in total. The van der Waals surface area contributed by atoms with E-state index in [4.69, 9.17) is 0 Å². The zero-order chi connectivity index (χ0) is 17.2. The Morgan fingerprint density at radius 2 is 1.88 bits per heavy atom. The van der Waals surface area contributed by atoms with E-state index in [0.29, 0.717) is 10.8 Å². The van der Waals surface area contributed by atoms with E-state index in [-0.39, 0.29) is 6.03 Å². The van der Waals surface area contributed by atoms with Gasteiger partial charge in [-0.1, -0.05) is 12.1 Å². The summed E-state index contributed by atoms with van der Waals surface area (Å²) in [4.78, 5) is 20.6. The summed E-state index contributed by atoms with van der Waals surface area (Å²) in [5, 5.41) is 7.99. The number of aromatic nitrogens is 3. The number of para-hydroxylation sites is 2. The van der Waals surface area contributed by atoms with Crippen molar-refractivity contribution >= 4 is 39.2 Å². The minimum absolute atomic E-state index is 0.310. The van der Waals surface area contributed by atoms with Gasteiger partial charge in [0.05, 0.1) is 16.7 Å². The molecule has 0 aliphatic carbocycles. The molecule has 0 aliphatic heterocycles. The molecular formula is C18H15N5OS. The summed E-state index contributed by atoms with van der Waals surface area (Å²) in [6, 6.07) is 15.2. The van der Waals surface area contributed by atoms with Crippen LogP contribution in [0, 0.1) is 6.92 Å². The highest BCUT2D eigenvalue weighted by atomic mass is 32.1. The summed E-state index contributed by atoms with van der Waals surface area (Å²) < 4.78 is 2.01. The van der Waals surface area contributed by atoms with Gasteiger partial charge in [0, 0.05) is 16.8 Å². The van der Waals surface area contributed by atoms with E-state index in [9.17, 15) is 4.79 Å². The van der Waals surface area contributed by atoms with Gasteiger partial charge in [0.2, 0.25) is 0 Å². The molecule has 0 unspecified atom stereocenters. The van der Waals surface area contributed by atoms with Gasteiger partial charge >= 0.3 is 6.03 Å². The van der Waals surface area contributed by atoms with Crippen LogP contribution in [0.5, 0.6) is 0 Å². The number of hydrogen-bond acceptors (Lipinski definition) is 4. The van der Waals surface area contributed by atoms with E-state index in [1.165, 1.54) is 11.3 Å². The van der Waals surface area contributed by atoms with Crippen LogP contribution in [0.25, 0.3) is 16.7 Å². The van der Waals surface area contributed by atoms with E-state index in [2.05, 4.69) is 20.6 Å². The molecule has 0 saturated carbocycles. The third-order valence-corrected chi connectivity index (χ3v) is 4.57. The van der Waals surface area contributed by atoms with Crippen molar-refractivity contribution < 1.29 is 4.79 Å². The fraction of sp³-hybridized carbons (Fsp3) is 0.0556. The number of thiazole rings is 1. The lowest BCUT2D eigenvalue weighted by Crippen LogP contribution is -2.19. The zero-order valence-corrected chi connectivity index (χ0v) is 14.2. The molecule has 124 valence electrons. The number of amides is 2. The van der Waals surface area contributed by atoms with Crippen LogP contribution in [0.2, 0.25) is 0 Å². The van der Waals surface area contributed by atoms with Crippen LogP contribution in [0.3, 0.4) is 0 Å². The van der Waals surface area contributed by atoms with Crippen molar-refractivity contribution in [1.82, 2.24) is 14.5 Å². The summed E-state index contributed by atoms with van der Waals surface area (Å²) in [5.41, 5.74) is 4.56. The number of fused-ring (bicyclic) bond motifs is 1. The van der Waals surface area contributed by atoms with E-state index < -0.39 is 0 Å². The number of nitrogens with one attached hydrogen (secondary N) is 2. The van der Waals surface area contributed by atoms with E-state index in [1.807, 2.05) is 65.4 Å². The Hall–Kier alpha value is -3.19. The van der Waals surface area contributed by atoms with Crippen LogP contribution in [-0.2, 0) is 0 Å². The molecule has 7 heteroatoms. The SMILES string of the molecule is Cc1csc(NC(=O)Nc2ccc(-n3cnc4ccccc43)cc2)n1. The first-order valence-electron chi connectivity index (χ1n) is 7.72. The van der Waals surface area contributed by atoms with Gasteiger partial charge in [-0.05, 0) is 43.3 Å². The molecule has 0 spiro atoms. The molecule has 4 rings (SSSR count). The molecule has 2 N–H and O–H groups in total. The predicted octanol–water partition coefficient (Wildman–Crippen LogP) is 4.43. The molecule has 0 aliphatic rings. The third kappa shape index (κ3) is 3.22. The Morgan fingerprint density at radius 1 is 1.08 bits per heavy atom. The standard InChI is InChI=1S/C18H15N5OS/c1-12-10-25-18(20-12)22-17(24)21-13-6-8-14(9-7-13)23-11-19-15-4-2-3-5-16(15)23/h2-11H,1H3,(H2,20,21,22,24). The summed E-state index contributed by atoms with van der Waals surface area (Å²) >= 11 is 1.40. The Balaban J connectivity index is 1.49. The minimum Gasteiger partial charge on any atom is -0.308 e. The van der Waals surface area contributed by atoms with Gasteiger partial charge in [0.25, 0.3) is 0 Å².